The number of carboxylic acids is 1. The molecule has 1 amide bonds. The van der Waals surface area contributed by atoms with Crippen molar-refractivity contribution < 1.29 is 14.7 Å². The predicted molar refractivity (Wildman–Crippen MR) is 94.2 cm³/mol. The zero-order chi connectivity index (χ0) is 17.2. The smallest absolute Gasteiger partial charge is 0.337 e. The lowest BCUT2D eigenvalue weighted by Crippen LogP contribution is -2.22. The van der Waals surface area contributed by atoms with Crippen molar-refractivity contribution in [2.75, 3.05) is 5.32 Å². The first kappa shape index (κ1) is 17.2. The molecule has 0 atom stereocenters. The predicted octanol–water partition coefficient (Wildman–Crippen LogP) is 4.70. The molecule has 0 radical (unpaired) electrons. The molecule has 2 rings (SSSR count). The Hall–Kier alpha value is -2.14. The van der Waals surface area contributed by atoms with Crippen LogP contribution in [0.2, 0.25) is 0 Å². The SMILES string of the molecule is CC(C)(C)c1c(Br)ccc(C(=O)O)c1NC(=O)c1ccccc1. The zero-order valence-corrected chi connectivity index (χ0v) is 14.8. The number of hydrogen-bond acceptors (Lipinski definition) is 2. The van der Waals surface area contributed by atoms with Crippen LogP contribution in [-0.4, -0.2) is 17.0 Å². The molecule has 0 aliphatic rings. The standard InChI is InChI=1S/C18H18BrNO3/c1-18(2,3)14-13(19)10-9-12(17(22)23)15(14)20-16(21)11-7-5-4-6-8-11/h4-10H,1-3H3,(H,20,21)(H,22,23). The Labute approximate surface area is 143 Å². The maximum Gasteiger partial charge on any atom is 0.337 e. The topological polar surface area (TPSA) is 66.4 Å². The van der Waals surface area contributed by atoms with Crippen LogP contribution in [0, 0.1) is 0 Å². The van der Waals surface area contributed by atoms with Gasteiger partial charge in [0.15, 0.2) is 0 Å². The molecule has 2 aromatic rings. The number of anilines is 1. The maximum absolute atomic E-state index is 12.5. The molecular formula is C18H18BrNO3. The number of rotatable bonds is 3. The molecule has 4 nitrogen and oxygen atoms in total. The van der Waals surface area contributed by atoms with E-state index in [-0.39, 0.29) is 16.9 Å². The van der Waals surface area contributed by atoms with Gasteiger partial charge in [0.25, 0.3) is 5.91 Å². The number of aromatic carboxylic acids is 1. The second-order valence-electron chi connectivity index (χ2n) is 6.22. The Balaban J connectivity index is 2.57. The highest BCUT2D eigenvalue weighted by Crippen LogP contribution is 2.38. The minimum absolute atomic E-state index is 0.0717. The lowest BCUT2D eigenvalue weighted by atomic mass is 9.84. The van der Waals surface area contributed by atoms with E-state index in [1.54, 1.807) is 30.3 Å². The van der Waals surface area contributed by atoms with E-state index in [2.05, 4.69) is 21.2 Å². The van der Waals surface area contributed by atoms with Gasteiger partial charge in [-0.1, -0.05) is 54.9 Å². The molecule has 0 aliphatic heterocycles. The summed E-state index contributed by atoms with van der Waals surface area (Å²) in [7, 11) is 0. The Morgan fingerprint density at radius 1 is 1.04 bits per heavy atom. The summed E-state index contributed by atoms with van der Waals surface area (Å²) in [5.74, 6) is -1.41. The Kier molecular flexibility index (Phi) is 4.90. The van der Waals surface area contributed by atoms with Gasteiger partial charge in [-0.15, -0.1) is 0 Å². The van der Waals surface area contributed by atoms with Crippen molar-refractivity contribution in [3.63, 3.8) is 0 Å². The highest BCUT2D eigenvalue weighted by atomic mass is 79.9. The van der Waals surface area contributed by atoms with Crippen LogP contribution in [-0.2, 0) is 5.41 Å². The van der Waals surface area contributed by atoms with Crippen LogP contribution in [0.15, 0.2) is 46.9 Å². The van der Waals surface area contributed by atoms with Gasteiger partial charge in [-0.25, -0.2) is 4.79 Å². The van der Waals surface area contributed by atoms with Gasteiger partial charge in [-0.3, -0.25) is 4.79 Å². The van der Waals surface area contributed by atoms with Gasteiger partial charge in [0.1, 0.15) is 0 Å². The van der Waals surface area contributed by atoms with Crippen LogP contribution in [0.3, 0.4) is 0 Å². The molecule has 5 heteroatoms. The molecule has 120 valence electrons. The van der Waals surface area contributed by atoms with Gasteiger partial charge >= 0.3 is 5.97 Å². The lowest BCUT2D eigenvalue weighted by molar-refractivity contribution is 0.0698. The van der Waals surface area contributed by atoms with Crippen LogP contribution < -0.4 is 5.32 Å². The molecule has 0 heterocycles. The van der Waals surface area contributed by atoms with Crippen molar-refractivity contribution in [1.29, 1.82) is 0 Å². The first-order chi connectivity index (χ1) is 10.7. The molecule has 0 saturated carbocycles. The Morgan fingerprint density at radius 3 is 2.17 bits per heavy atom. The van der Waals surface area contributed by atoms with Crippen LogP contribution in [0.5, 0.6) is 0 Å². The Morgan fingerprint density at radius 2 is 1.65 bits per heavy atom. The third kappa shape index (κ3) is 3.79. The number of nitrogens with one attached hydrogen (secondary N) is 1. The van der Waals surface area contributed by atoms with E-state index in [0.717, 1.165) is 10.0 Å². The molecular weight excluding hydrogens is 358 g/mol. The fourth-order valence-corrected chi connectivity index (χ4v) is 3.32. The molecule has 0 aromatic heterocycles. The average molecular weight is 376 g/mol. The van der Waals surface area contributed by atoms with Gasteiger partial charge in [0, 0.05) is 10.0 Å². The molecule has 0 bridgehead atoms. The largest absolute Gasteiger partial charge is 0.478 e. The summed E-state index contributed by atoms with van der Waals surface area (Å²) in [4.78, 5) is 24.0. The summed E-state index contributed by atoms with van der Waals surface area (Å²) in [6.07, 6.45) is 0. The summed E-state index contributed by atoms with van der Waals surface area (Å²) in [6, 6.07) is 11.9. The number of amides is 1. The first-order valence-corrected chi connectivity index (χ1v) is 7.94. The molecule has 2 N–H and O–H groups in total. The van der Waals surface area contributed by atoms with Crippen molar-refractivity contribution in [1.82, 2.24) is 0 Å². The molecule has 0 saturated heterocycles. The lowest BCUT2D eigenvalue weighted by Gasteiger charge is -2.26. The summed E-state index contributed by atoms with van der Waals surface area (Å²) >= 11 is 3.47. The molecule has 2 aromatic carbocycles. The summed E-state index contributed by atoms with van der Waals surface area (Å²) in [5.41, 5.74) is 1.28. The van der Waals surface area contributed by atoms with E-state index in [1.807, 2.05) is 26.8 Å². The van der Waals surface area contributed by atoms with Gasteiger partial charge in [0.05, 0.1) is 11.3 Å². The van der Waals surface area contributed by atoms with Gasteiger partial charge in [-0.05, 0) is 35.2 Å². The van der Waals surface area contributed by atoms with E-state index >= 15 is 0 Å². The monoisotopic (exact) mass is 375 g/mol. The normalized spacial score (nSPS) is 11.1. The number of benzene rings is 2. The van der Waals surface area contributed by atoms with Crippen LogP contribution in [0.1, 0.15) is 47.1 Å². The zero-order valence-electron chi connectivity index (χ0n) is 13.2. The second-order valence-corrected chi connectivity index (χ2v) is 7.07. The van der Waals surface area contributed by atoms with Crippen molar-refractivity contribution in [3.05, 3.63) is 63.6 Å². The summed E-state index contributed by atoms with van der Waals surface area (Å²) in [6.45, 7) is 5.91. The fraction of sp³-hybridized carbons (Fsp3) is 0.222. The maximum atomic E-state index is 12.5. The van der Waals surface area contributed by atoms with E-state index < -0.39 is 5.97 Å². The van der Waals surface area contributed by atoms with E-state index in [4.69, 9.17) is 0 Å². The van der Waals surface area contributed by atoms with E-state index in [0.29, 0.717) is 11.3 Å². The number of carboxylic acid groups (broad SMARTS) is 1. The fourth-order valence-electron chi connectivity index (χ4n) is 2.39. The Bertz CT molecular complexity index is 749. The molecule has 0 fully saturated rings. The second kappa shape index (κ2) is 6.54. The molecule has 0 unspecified atom stereocenters. The number of halogens is 1. The summed E-state index contributed by atoms with van der Waals surface area (Å²) < 4.78 is 0.762. The number of carbonyl (C=O) groups is 2. The minimum atomic E-state index is -1.08. The highest BCUT2D eigenvalue weighted by Gasteiger charge is 2.26. The highest BCUT2D eigenvalue weighted by molar-refractivity contribution is 9.10. The minimum Gasteiger partial charge on any atom is -0.478 e. The average Bonchev–Trinajstić information content (AvgIpc) is 2.46. The van der Waals surface area contributed by atoms with Crippen LogP contribution in [0.4, 0.5) is 5.69 Å². The van der Waals surface area contributed by atoms with Crippen molar-refractivity contribution in [2.45, 2.75) is 26.2 Å². The van der Waals surface area contributed by atoms with E-state index in [1.165, 1.54) is 6.07 Å². The molecule has 23 heavy (non-hydrogen) atoms. The number of hydrogen-bond donors (Lipinski definition) is 2. The van der Waals surface area contributed by atoms with Crippen LogP contribution >= 0.6 is 15.9 Å². The quantitative estimate of drug-likeness (QED) is 0.816. The third-order valence-corrected chi connectivity index (χ3v) is 4.07. The molecule has 0 spiro atoms. The van der Waals surface area contributed by atoms with Gasteiger partial charge < -0.3 is 10.4 Å². The van der Waals surface area contributed by atoms with Crippen molar-refractivity contribution in [3.8, 4) is 0 Å². The first-order valence-electron chi connectivity index (χ1n) is 7.14. The van der Waals surface area contributed by atoms with Crippen LogP contribution in [0.25, 0.3) is 0 Å². The summed E-state index contributed by atoms with van der Waals surface area (Å²) in [5, 5.41) is 12.2. The van der Waals surface area contributed by atoms with Gasteiger partial charge in [-0.2, -0.15) is 0 Å². The van der Waals surface area contributed by atoms with Crippen molar-refractivity contribution in [2.24, 2.45) is 0 Å². The van der Waals surface area contributed by atoms with E-state index in [9.17, 15) is 14.7 Å². The van der Waals surface area contributed by atoms with Gasteiger partial charge in [0.2, 0.25) is 0 Å². The molecule has 0 aliphatic carbocycles. The third-order valence-electron chi connectivity index (χ3n) is 3.41. The van der Waals surface area contributed by atoms with Crippen molar-refractivity contribution >= 4 is 33.5 Å². The number of carbonyl (C=O) groups excluding carboxylic acids is 1.